The first kappa shape index (κ1) is 14.3. The Labute approximate surface area is 134 Å². The molecule has 21 heavy (non-hydrogen) atoms. The third kappa shape index (κ3) is 3.53. The molecule has 7 heteroatoms. The molecule has 1 aromatic carbocycles. The molecule has 0 saturated heterocycles. The monoisotopic (exact) mass is 336 g/mol. The minimum atomic E-state index is -0.00337. The normalized spacial score (nSPS) is 10.7. The average molecular weight is 337 g/mol. The summed E-state index contributed by atoms with van der Waals surface area (Å²) in [7, 11) is 0. The summed E-state index contributed by atoms with van der Waals surface area (Å²) in [6.45, 7) is 0. The van der Waals surface area contributed by atoms with Crippen LogP contribution in [-0.4, -0.2) is 21.7 Å². The van der Waals surface area contributed by atoms with Crippen molar-refractivity contribution in [2.75, 3.05) is 5.75 Å². The molecule has 0 radical (unpaired) electrons. The predicted molar refractivity (Wildman–Crippen MR) is 84.1 cm³/mol. The predicted octanol–water partition coefficient (Wildman–Crippen LogP) is 4.43. The van der Waals surface area contributed by atoms with Crippen molar-refractivity contribution in [1.29, 1.82) is 0 Å². The number of hydrogen-bond acceptors (Lipinski definition) is 6. The summed E-state index contributed by atoms with van der Waals surface area (Å²) in [6, 6.07) is 12.9. The highest BCUT2D eigenvalue weighted by molar-refractivity contribution is 7.99. The first-order chi connectivity index (χ1) is 10.2. The van der Waals surface area contributed by atoms with Crippen molar-refractivity contribution >= 4 is 40.5 Å². The zero-order chi connectivity index (χ0) is 14.7. The minimum absolute atomic E-state index is 0.00337. The molecule has 0 aliphatic rings. The van der Waals surface area contributed by atoms with Crippen LogP contribution in [0.3, 0.4) is 0 Å². The Morgan fingerprint density at radius 3 is 2.71 bits per heavy atom. The van der Waals surface area contributed by atoms with Crippen LogP contribution in [0.4, 0.5) is 0 Å². The number of thiophene rings is 1. The van der Waals surface area contributed by atoms with Crippen LogP contribution in [0.15, 0.2) is 52.1 Å². The molecule has 4 nitrogen and oxygen atoms in total. The third-order valence-corrected chi connectivity index (χ3v) is 4.69. The number of aromatic nitrogens is 2. The van der Waals surface area contributed by atoms with Gasteiger partial charge in [-0.1, -0.05) is 41.6 Å². The topological polar surface area (TPSA) is 56.0 Å². The molecule has 0 aliphatic heterocycles. The minimum Gasteiger partial charge on any atom is -0.411 e. The molecule has 0 bridgehead atoms. The van der Waals surface area contributed by atoms with Gasteiger partial charge in [-0.05, 0) is 24.3 Å². The van der Waals surface area contributed by atoms with E-state index in [1.807, 2.05) is 30.3 Å². The molecular formula is C14H9ClN2O2S2. The molecular weight excluding hydrogens is 328 g/mol. The number of ketones is 1. The first-order valence-electron chi connectivity index (χ1n) is 6.02. The summed E-state index contributed by atoms with van der Waals surface area (Å²) in [6.07, 6.45) is 0. The smallest absolute Gasteiger partial charge is 0.277 e. The molecule has 3 aromatic rings. The Bertz CT molecular complexity index is 755. The summed E-state index contributed by atoms with van der Waals surface area (Å²) >= 11 is 8.30. The van der Waals surface area contributed by atoms with Gasteiger partial charge in [0.25, 0.3) is 5.22 Å². The Morgan fingerprint density at radius 2 is 2.00 bits per heavy atom. The number of carbonyl (C=O) groups excluding carboxylic acids is 1. The van der Waals surface area contributed by atoms with E-state index < -0.39 is 0 Å². The number of Topliss-reactive ketones (excluding diaryl/α,β-unsaturated/α-hetero) is 1. The van der Waals surface area contributed by atoms with Crippen molar-refractivity contribution in [3.05, 3.63) is 51.7 Å². The fourth-order valence-electron chi connectivity index (χ4n) is 1.63. The van der Waals surface area contributed by atoms with Crippen molar-refractivity contribution in [2.24, 2.45) is 0 Å². The molecule has 0 aliphatic carbocycles. The summed E-state index contributed by atoms with van der Waals surface area (Å²) < 4.78 is 6.13. The van der Waals surface area contributed by atoms with Crippen molar-refractivity contribution in [3.8, 4) is 11.5 Å². The van der Waals surface area contributed by atoms with Crippen LogP contribution in [0, 0.1) is 0 Å². The fraction of sp³-hybridized carbons (Fsp3) is 0.0714. The summed E-state index contributed by atoms with van der Waals surface area (Å²) in [5, 5.41) is 8.29. The standard InChI is InChI=1S/C14H9ClN2O2S2/c15-12-7-6-11(21-12)10(18)8-20-14-17-16-13(19-14)9-4-2-1-3-5-9/h1-7H,8H2. The number of rotatable bonds is 5. The van der Waals surface area contributed by atoms with Crippen LogP contribution in [0.2, 0.25) is 4.34 Å². The van der Waals surface area contributed by atoms with Gasteiger partial charge in [-0.2, -0.15) is 0 Å². The van der Waals surface area contributed by atoms with Gasteiger partial charge in [0.05, 0.1) is 15.0 Å². The van der Waals surface area contributed by atoms with E-state index in [2.05, 4.69) is 10.2 Å². The number of halogens is 1. The second-order valence-corrected chi connectivity index (χ2v) is 6.70. The highest BCUT2D eigenvalue weighted by atomic mass is 35.5. The van der Waals surface area contributed by atoms with Crippen molar-refractivity contribution in [2.45, 2.75) is 5.22 Å². The number of carbonyl (C=O) groups is 1. The maximum atomic E-state index is 11.9. The molecule has 0 atom stereocenters. The Kier molecular flexibility index (Phi) is 4.38. The van der Waals surface area contributed by atoms with Crippen LogP contribution in [-0.2, 0) is 0 Å². The van der Waals surface area contributed by atoms with E-state index in [-0.39, 0.29) is 11.5 Å². The van der Waals surface area contributed by atoms with Crippen molar-refractivity contribution in [1.82, 2.24) is 10.2 Å². The molecule has 0 fully saturated rings. The van der Waals surface area contributed by atoms with E-state index in [1.165, 1.54) is 23.1 Å². The lowest BCUT2D eigenvalue weighted by Crippen LogP contribution is -1.98. The molecule has 0 amide bonds. The van der Waals surface area contributed by atoms with Crippen molar-refractivity contribution < 1.29 is 9.21 Å². The highest BCUT2D eigenvalue weighted by Crippen LogP contribution is 2.26. The van der Waals surface area contributed by atoms with Gasteiger partial charge in [-0.15, -0.1) is 21.5 Å². The van der Waals surface area contributed by atoms with Gasteiger partial charge in [0, 0.05) is 5.56 Å². The van der Waals surface area contributed by atoms with Crippen LogP contribution in [0.5, 0.6) is 0 Å². The first-order valence-corrected chi connectivity index (χ1v) is 8.20. The third-order valence-electron chi connectivity index (χ3n) is 2.60. The van der Waals surface area contributed by atoms with E-state index in [0.29, 0.717) is 20.3 Å². The maximum Gasteiger partial charge on any atom is 0.277 e. The van der Waals surface area contributed by atoms with Gasteiger partial charge in [-0.25, -0.2) is 0 Å². The quantitative estimate of drug-likeness (QED) is 0.509. The lowest BCUT2D eigenvalue weighted by Gasteiger charge is -1.94. The summed E-state index contributed by atoms with van der Waals surface area (Å²) in [5.41, 5.74) is 0.855. The zero-order valence-corrected chi connectivity index (χ0v) is 13.0. The largest absolute Gasteiger partial charge is 0.411 e. The number of hydrogen-bond donors (Lipinski definition) is 0. The lowest BCUT2D eigenvalue weighted by atomic mass is 10.2. The molecule has 2 aromatic heterocycles. The van der Waals surface area contributed by atoms with Crippen LogP contribution in [0.25, 0.3) is 11.5 Å². The Balaban J connectivity index is 1.64. The molecule has 106 valence electrons. The van der Waals surface area contributed by atoms with E-state index in [0.717, 1.165) is 5.56 Å². The van der Waals surface area contributed by atoms with Gasteiger partial charge in [-0.3, -0.25) is 4.79 Å². The SMILES string of the molecule is O=C(CSc1nnc(-c2ccccc2)o1)c1ccc(Cl)s1. The van der Waals surface area contributed by atoms with E-state index in [4.69, 9.17) is 16.0 Å². The summed E-state index contributed by atoms with van der Waals surface area (Å²) in [4.78, 5) is 12.6. The Hall–Kier alpha value is -1.63. The van der Waals surface area contributed by atoms with Gasteiger partial charge in [0.1, 0.15) is 0 Å². The molecule has 0 N–H and O–H groups in total. The molecule has 0 unspecified atom stereocenters. The van der Waals surface area contributed by atoms with E-state index in [1.54, 1.807) is 12.1 Å². The van der Waals surface area contributed by atoms with Crippen LogP contribution in [0.1, 0.15) is 9.67 Å². The lowest BCUT2D eigenvalue weighted by molar-refractivity contribution is 0.102. The maximum absolute atomic E-state index is 11.9. The van der Waals surface area contributed by atoms with E-state index >= 15 is 0 Å². The van der Waals surface area contributed by atoms with Gasteiger partial charge < -0.3 is 4.42 Å². The van der Waals surface area contributed by atoms with Crippen molar-refractivity contribution in [3.63, 3.8) is 0 Å². The Morgan fingerprint density at radius 1 is 1.19 bits per heavy atom. The average Bonchev–Trinajstić information content (AvgIpc) is 3.15. The van der Waals surface area contributed by atoms with Gasteiger partial charge in [0.2, 0.25) is 5.89 Å². The number of nitrogens with zero attached hydrogens (tertiary/aromatic N) is 2. The molecule has 0 saturated carbocycles. The number of benzene rings is 1. The fourth-order valence-corrected chi connectivity index (χ4v) is 3.35. The molecule has 2 heterocycles. The van der Waals surface area contributed by atoms with Gasteiger partial charge >= 0.3 is 0 Å². The van der Waals surface area contributed by atoms with Crippen LogP contribution < -0.4 is 0 Å². The summed E-state index contributed by atoms with van der Waals surface area (Å²) in [5.74, 6) is 0.689. The van der Waals surface area contributed by atoms with E-state index in [9.17, 15) is 4.79 Å². The molecule has 3 rings (SSSR count). The van der Waals surface area contributed by atoms with Gasteiger partial charge in [0.15, 0.2) is 5.78 Å². The highest BCUT2D eigenvalue weighted by Gasteiger charge is 2.13. The second-order valence-electron chi connectivity index (χ2n) is 4.05. The molecule has 0 spiro atoms. The van der Waals surface area contributed by atoms with Crippen LogP contribution >= 0.6 is 34.7 Å². The number of thioether (sulfide) groups is 1. The zero-order valence-electron chi connectivity index (χ0n) is 10.7. The second kappa shape index (κ2) is 6.43.